The molecule has 1 fully saturated rings. The van der Waals surface area contributed by atoms with Gasteiger partial charge in [-0.1, -0.05) is 23.7 Å². The molecular formula is C20H16ClN3O2. The summed E-state index contributed by atoms with van der Waals surface area (Å²) in [5.41, 5.74) is 2.57. The van der Waals surface area contributed by atoms with Crippen molar-refractivity contribution in [1.29, 1.82) is 0 Å². The average molecular weight is 366 g/mol. The van der Waals surface area contributed by atoms with Crippen LogP contribution in [0.2, 0.25) is 5.02 Å². The summed E-state index contributed by atoms with van der Waals surface area (Å²) in [4.78, 5) is 30.5. The smallest absolute Gasteiger partial charge is 0.256 e. The summed E-state index contributed by atoms with van der Waals surface area (Å²) in [6.07, 6.45) is 3.08. The summed E-state index contributed by atoms with van der Waals surface area (Å²) in [5, 5.41) is 4.10. The van der Waals surface area contributed by atoms with Gasteiger partial charge in [0.2, 0.25) is 5.91 Å². The fourth-order valence-corrected chi connectivity index (χ4v) is 3.49. The van der Waals surface area contributed by atoms with Gasteiger partial charge in [0, 0.05) is 35.8 Å². The number of hydrogen-bond donors (Lipinski definition) is 1. The first-order valence-corrected chi connectivity index (χ1v) is 8.76. The lowest BCUT2D eigenvalue weighted by molar-refractivity contribution is -0.117. The van der Waals surface area contributed by atoms with Gasteiger partial charge in [0.1, 0.15) is 0 Å². The summed E-state index contributed by atoms with van der Waals surface area (Å²) < 4.78 is 0. The maximum absolute atomic E-state index is 12.7. The second-order valence-corrected chi connectivity index (χ2v) is 6.55. The standard InChI is InChI=1S/C20H16ClN3O2/c21-16-12-13(8-9-18(16)24-11-3-7-19(24)25)23-20(26)15-4-1-6-17-14(15)5-2-10-22-17/h1-2,4-6,8-10,12H,3,7,11H2,(H,23,26). The third-order valence-corrected chi connectivity index (χ3v) is 4.76. The van der Waals surface area contributed by atoms with Crippen LogP contribution in [-0.4, -0.2) is 23.3 Å². The highest BCUT2D eigenvalue weighted by Crippen LogP contribution is 2.32. The van der Waals surface area contributed by atoms with E-state index in [1.54, 1.807) is 47.5 Å². The third-order valence-electron chi connectivity index (χ3n) is 4.46. The average Bonchev–Trinajstić information content (AvgIpc) is 3.07. The minimum Gasteiger partial charge on any atom is -0.322 e. The lowest BCUT2D eigenvalue weighted by Gasteiger charge is -2.18. The molecule has 1 aliphatic rings. The van der Waals surface area contributed by atoms with Crippen LogP contribution in [0.1, 0.15) is 23.2 Å². The molecule has 26 heavy (non-hydrogen) atoms. The number of anilines is 2. The number of benzene rings is 2. The highest BCUT2D eigenvalue weighted by molar-refractivity contribution is 6.34. The number of pyridine rings is 1. The SMILES string of the molecule is O=C(Nc1ccc(N2CCCC2=O)c(Cl)c1)c1cccc2ncccc12. The minimum absolute atomic E-state index is 0.0759. The summed E-state index contributed by atoms with van der Waals surface area (Å²) in [6, 6.07) is 14.3. The van der Waals surface area contributed by atoms with Crippen LogP contribution >= 0.6 is 11.6 Å². The van der Waals surface area contributed by atoms with Gasteiger partial charge in [0.05, 0.1) is 16.2 Å². The Morgan fingerprint density at radius 1 is 1.15 bits per heavy atom. The van der Waals surface area contributed by atoms with E-state index < -0.39 is 0 Å². The number of rotatable bonds is 3. The molecule has 2 heterocycles. The number of hydrogen-bond acceptors (Lipinski definition) is 3. The molecule has 1 aliphatic heterocycles. The molecule has 1 saturated heterocycles. The predicted octanol–water partition coefficient (Wildman–Crippen LogP) is 4.27. The number of carbonyl (C=O) groups is 2. The molecular weight excluding hydrogens is 350 g/mol. The highest BCUT2D eigenvalue weighted by Gasteiger charge is 2.23. The van der Waals surface area contributed by atoms with Crippen LogP contribution in [0.4, 0.5) is 11.4 Å². The minimum atomic E-state index is -0.232. The number of nitrogens with zero attached hydrogens (tertiary/aromatic N) is 2. The number of halogens is 1. The normalized spacial score (nSPS) is 14.0. The first-order valence-electron chi connectivity index (χ1n) is 8.38. The first kappa shape index (κ1) is 16.5. The molecule has 0 spiro atoms. The quantitative estimate of drug-likeness (QED) is 0.754. The van der Waals surface area contributed by atoms with Gasteiger partial charge in [-0.05, 0) is 42.8 Å². The molecule has 0 saturated carbocycles. The molecule has 4 rings (SSSR count). The van der Waals surface area contributed by atoms with Crippen molar-refractivity contribution in [3.8, 4) is 0 Å². The number of aromatic nitrogens is 1. The monoisotopic (exact) mass is 365 g/mol. The molecule has 0 bridgehead atoms. The van der Waals surface area contributed by atoms with Crippen molar-refractivity contribution in [3.05, 3.63) is 65.3 Å². The van der Waals surface area contributed by atoms with Crippen LogP contribution < -0.4 is 10.2 Å². The van der Waals surface area contributed by atoms with E-state index in [0.29, 0.717) is 34.9 Å². The van der Waals surface area contributed by atoms with Crippen molar-refractivity contribution in [2.45, 2.75) is 12.8 Å². The Labute approximate surface area is 155 Å². The van der Waals surface area contributed by atoms with Crippen molar-refractivity contribution >= 4 is 45.7 Å². The lowest BCUT2D eigenvalue weighted by atomic mass is 10.1. The fourth-order valence-electron chi connectivity index (χ4n) is 3.21. The van der Waals surface area contributed by atoms with Crippen LogP contribution in [-0.2, 0) is 4.79 Å². The Hall–Kier alpha value is -2.92. The zero-order valence-electron chi connectivity index (χ0n) is 13.9. The van der Waals surface area contributed by atoms with E-state index in [1.165, 1.54) is 0 Å². The van der Waals surface area contributed by atoms with Crippen LogP contribution in [0.25, 0.3) is 10.9 Å². The summed E-state index contributed by atoms with van der Waals surface area (Å²) in [7, 11) is 0. The Kier molecular flexibility index (Phi) is 4.31. The van der Waals surface area contributed by atoms with Gasteiger partial charge in [-0.3, -0.25) is 14.6 Å². The molecule has 0 aliphatic carbocycles. The highest BCUT2D eigenvalue weighted by atomic mass is 35.5. The summed E-state index contributed by atoms with van der Waals surface area (Å²) in [6.45, 7) is 0.674. The van der Waals surface area contributed by atoms with Crippen molar-refractivity contribution in [2.75, 3.05) is 16.8 Å². The molecule has 1 aromatic heterocycles. The number of amides is 2. The number of carbonyl (C=O) groups excluding carboxylic acids is 2. The van der Waals surface area contributed by atoms with Crippen molar-refractivity contribution in [3.63, 3.8) is 0 Å². The van der Waals surface area contributed by atoms with Crippen LogP contribution in [0.3, 0.4) is 0 Å². The van der Waals surface area contributed by atoms with E-state index in [2.05, 4.69) is 10.3 Å². The van der Waals surface area contributed by atoms with E-state index in [1.807, 2.05) is 12.1 Å². The Balaban J connectivity index is 1.60. The largest absolute Gasteiger partial charge is 0.322 e. The lowest BCUT2D eigenvalue weighted by Crippen LogP contribution is -2.24. The zero-order valence-corrected chi connectivity index (χ0v) is 14.7. The second kappa shape index (κ2) is 6.77. The van der Waals surface area contributed by atoms with E-state index in [4.69, 9.17) is 11.6 Å². The third kappa shape index (κ3) is 3.02. The Bertz CT molecular complexity index is 1010. The molecule has 130 valence electrons. The Morgan fingerprint density at radius 2 is 2.04 bits per heavy atom. The topological polar surface area (TPSA) is 62.3 Å². The molecule has 3 aromatic rings. The maximum atomic E-state index is 12.7. The fraction of sp³-hybridized carbons (Fsp3) is 0.150. The molecule has 0 radical (unpaired) electrons. The van der Waals surface area contributed by atoms with Crippen LogP contribution in [0.5, 0.6) is 0 Å². The van der Waals surface area contributed by atoms with Crippen LogP contribution in [0.15, 0.2) is 54.7 Å². The van der Waals surface area contributed by atoms with Crippen molar-refractivity contribution < 1.29 is 9.59 Å². The van der Waals surface area contributed by atoms with Gasteiger partial charge < -0.3 is 10.2 Å². The molecule has 6 heteroatoms. The second-order valence-electron chi connectivity index (χ2n) is 6.14. The van der Waals surface area contributed by atoms with Gasteiger partial charge in [-0.2, -0.15) is 0 Å². The van der Waals surface area contributed by atoms with E-state index >= 15 is 0 Å². The van der Waals surface area contributed by atoms with Gasteiger partial charge in [0.25, 0.3) is 5.91 Å². The molecule has 5 nitrogen and oxygen atoms in total. The zero-order chi connectivity index (χ0) is 18.1. The van der Waals surface area contributed by atoms with Crippen molar-refractivity contribution in [1.82, 2.24) is 4.98 Å². The molecule has 0 unspecified atom stereocenters. The van der Waals surface area contributed by atoms with Gasteiger partial charge in [-0.15, -0.1) is 0 Å². The molecule has 2 amide bonds. The maximum Gasteiger partial charge on any atom is 0.256 e. The van der Waals surface area contributed by atoms with Gasteiger partial charge in [-0.25, -0.2) is 0 Å². The van der Waals surface area contributed by atoms with Crippen LogP contribution in [0, 0.1) is 0 Å². The van der Waals surface area contributed by atoms with E-state index in [0.717, 1.165) is 17.3 Å². The summed E-state index contributed by atoms with van der Waals surface area (Å²) in [5.74, 6) is -0.156. The van der Waals surface area contributed by atoms with E-state index in [9.17, 15) is 9.59 Å². The summed E-state index contributed by atoms with van der Waals surface area (Å²) >= 11 is 6.34. The predicted molar refractivity (Wildman–Crippen MR) is 103 cm³/mol. The first-order chi connectivity index (χ1) is 12.6. The number of fused-ring (bicyclic) bond motifs is 1. The Morgan fingerprint density at radius 3 is 2.81 bits per heavy atom. The molecule has 0 atom stereocenters. The van der Waals surface area contributed by atoms with Crippen molar-refractivity contribution in [2.24, 2.45) is 0 Å². The molecule has 1 N–H and O–H groups in total. The molecule has 2 aromatic carbocycles. The van der Waals surface area contributed by atoms with Gasteiger partial charge in [0.15, 0.2) is 0 Å². The number of nitrogens with one attached hydrogen (secondary N) is 1. The van der Waals surface area contributed by atoms with Gasteiger partial charge >= 0.3 is 0 Å². The van der Waals surface area contributed by atoms with E-state index in [-0.39, 0.29) is 11.8 Å².